The van der Waals surface area contributed by atoms with Crippen molar-refractivity contribution in [3.8, 4) is 0 Å². The molecule has 0 aromatic heterocycles. The van der Waals surface area contributed by atoms with Gasteiger partial charge in [-0.2, -0.15) is 0 Å². The molecule has 0 aromatic rings. The Hall–Kier alpha value is -1.66. The molecule has 0 spiro atoms. The van der Waals surface area contributed by atoms with Crippen molar-refractivity contribution < 1.29 is 19.1 Å². The molecule has 0 fully saturated rings. The Morgan fingerprint density at radius 3 is 1.65 bits per heavy atom. The Bertz CT molecular complexity index is 387. The molecule has 0 heterocycles. The summed E-state index contributed by atoms with van der Waals surface area (Å²) in [6.07, 6.45) is 6.97. The largest absolute Gasteiger partial charge is 0.457 e. The van der Waals surface area contributed by atoms with Gasteiger partial charge >= 0.3 is 11.9 Å². The van der Waals surface area contributed by atoms with E-state index in [9.17, 15) is 9.59 Å². The summed E-state index contributed by atoms with van der Waals surface area (Å²) in [6.45, 7) is 4.05. The van der Waals surface area contributed by atoms with Gasteiger partial charge in [0.2, 0.25) is 0 Å². The lowest BCUT2D eigenvalue weighted by Gasteiger charge is -1.98. The second-order valence-corrected chi connectivity index (χ2v) is 4.22. The van der Waals surface area contributed by atoms with E-state index >= 15 is 0 Å². The van der Waals surface area contributed by atoms with Gasteiger partial charge in [-0.15, -0.1) is 0 Å². The zero-order valence-corrected chi connectivity index (χ0v) is 12.6. The fourth-order valence-electron chi connectivity index (χ4n) is 1.06. The fourth-order valence-corrected chi connectivity index (χ4v) is 1.19. The highest BCUT2D eigenvalue weighted by Crippen LogP contribution is 2.06. The van der Waals surface area contributed by atoms with Crippen LogP contribution in [-0.2, 0) is 19.1 Å². The maximum Gasteiger partial charge on any atom is 0.330 e. The van der Waals surface area contributed by atoms with Gasteiger partial charge in [0, 0.05) is 22.9 Å². The van der Waals surface area contributed by atoms with Gasteiger partial charge in [0.05, 0.1) is 0 Å². The summed E-state index contributed by atoms with van der Waals surface area (Å²) in [5, 5.41) is 2.66. The molecule has 0 bridgehead atoms. The highest BCUT2D eigenvalue weighted by molar-refractivity contribution is 7.79. The van der Waals surface area contributed by atoms with Crippen LogP contribution in [0.2, 0.25) is 0 Å². The first-order valence-electron chi connectivity index (χ1n) is 5.80. The monoisotopic (exact) mass is 312 g/mol. The third-order valence-electron chi connectivity index (χ3n) is 1.91. The highest BCUT2D eigenvalue weighted by atomic mass is 32.1. The van der Waals surface area contributed by atoms with Gasteiger partial charge in [-0.3, -0.25) is 0 Å². The van der Waals surface area contributed by atoms with E-state index in [1.54, 1.807) is 12.2 Å². The number of allylic oxidation sites excluding steroid dienone is 3. The SMILES string of the molecule is C=C(CC=CC(=O)OCC=S)CC=CC(=O)OCC=S. The highest BCUT2D eigenvalue weighted by Gasteiger charge is 1.96. The van der Waals surface area contributed by atoms with Gasteiger partial charge in [0.1, 0.15) is 13.2 Å². The minimum Gasteiger partial charge on any atom is -0.457 e. The normalized spacial score (nSPS) is 10.4. The second kappa shape index (κ2) is 12.4. The molecule has 0 aliphatic rings. The van der Waals surface area contributed by atoms with Crippen LogP contribution in [0.4, 0.5) is 0 Å². The summed E-state index contributed by atoms with van der Waals surface area (Å²) < 4.78 is 9.44. The molecule has 0 aliphatic heterocycles. The molecule has 0 aromatic carbocycles. The van der Waals surface area contributed by atoms with E-state index in [-0.39, 0.29) is 13.2 Å². The number of carbonyl (C=O) groups is 2. The third kappa shape index (κ3) is 11.4. The molecule has 108 valence electrons. The van der Waals surface area contributed by atoms with Crippen molar-refractivity contribution in [3.63, 3.8) is 0 Å². The first-order chi connectivity index (χ1) is 9.60. The zero-order valence-electron chi connectivity index (χ0n) is 10.9. The third-order valence-corrected chi connectivity index (χ3v) is 2.18. The lowest BCUT2D eigenvalue weighted by Crippen LogP contribution is -2.02. The van der Waals surface area contributed by atoms with Crippen LogP contribution in [0, 0.1) is 0 Å². The summed E-state index contributed by atoms with van der Waals surface area (Å²) in [5.74, 6) is -0.892. The molecule has 0 rings (SSSR count). The quantitative estimate of drug-likeness (QED) is 0.267. The van der Waals surface area contributed by atoms with E-state index in [1.165, 1.54) is 22.9 Å². The van der Waals surface area contributed by atoms with Crippen LogP contribution in [0.15, 0.2) is 36.5 Å². The van der Waals surface area contributed by atoms with E-state index in [1.807, 2.05) is 0 Å². The van der Waals surface area contributed by atoms with Crippen LogP contribution in [0.25, 0.3) is 0 Å². The first kappa shape index (κ1) is 18.3. The van der Waals surface area contributed by atoms with E-state index in [2.05, 4.69) is 31.0 Å². The van der Waals surface area contributed by atoms with Gasteiger partial charge in [-0.25, -0.2) is 9.59 Å². The van der Waals surface area contributed by atoms with Crippen LogP contribution >= 0.6 is 24.4 Å². The van der Waals surface area contributed by atoms with E-state index in [0.29, 0.717) is 12.8 Å². The van der Waals surface area contributed by atoms with Crippen molar-refractivity contribution in [2.45, 2.75) is 12.8 Å². The van der Waals surface area contributed by atoms with E-state index < -0.39 is 11.9 Å². The number of hydrogen-bond acceptors (Lipinski definition) is 6. The van der Waals surface area contributed by atoms with Crippen LogP contribution in [0.1, 0.15) is 12.8 Å². The van der Waals surface area contributed by atoms with Gasteiger partial charge in [0.15, 0.2) is 0 Å². The molecule has 0 N–H and O–H groups in total. The number of ether oxygens (including phenoxy) is 2. The van der Waals surface area contributed by atoms with Crippen molar-refractivity contribution in [2.75, 3.05) is 13.2 Å². The predicted molar refractivity (Wildman–Crippen MR) is 85.9 cm³/mol. The van der Waals surface area contributed by atoms with Gasteiger partial charge < -0.3 is 9.47 Å². The molecular weight excluding hydrogens is 296 g/mol. The van der Waals surface area contributed by atoms with E-state index in [0.717, 1.165) is 5.57 Å². The van der Waals surface area contributed by atoms with Gasteiger partial charge in [-0.05, 0) is 12.8 Å². The Kier molecular flexibility index (Phi) is 11.4. The van der Waals surface area contributed by atoms with Gasteiger partial charge in [-0.1, -0.05) is 48.7 Å². The Morgan fingerprint density at radius 1 is 0.900 bits per heavy atom. The molecule has 0 amide bonds. The number of rotatable bonds is 10. The number of thiocarbonyl (C=S) groups is 2. The number of carbonyl (C=O) groups excluding carboxylic acids is 2. The summed E-state index contributed by atoms with van der Waals surface area (Å²) >= 11 is 9.05. The maximum absolute atomic E-state index is 11.1. The molecule has 0 saturated heterocycles. The lowest BCUT2D eigenvalue weighted by atomic mass is 10.1. The van der Waals surface area contributed by atoms with Crippen molar-refractivity contribution in [1.82, 2.24) is 0 Å². The Morgan fingerprint density at radius 2 is 1.30 bits per heavy atom. The molecule has 6 heteroatoms. The molecule has 0 aliphatic carbocycles. The zero-order chi connectivity index (χ0) is 15.2. The van der Waals surface area contributed by atoms with Crippen LogP contribution < -0.4 is 0 Å². The molecule has 4 nitrogen and oxygen atoms in total. The van der Waals surface area contributed by atoms with Crippen LogP contribution in [0.3, 0.4) is 0 Å². The van der Waals surface area contributed by atoms with Crippen molar-refractivity contribution >= 4 is 47.1 Å². The minimum atomic E-state index is -0.446. The van der Waals surface area contributed by atoms with Crippen LogP contribution in [0.5, 0.6) is 0 Å². The molecule has 0 unspecified atom stereocenters. The summed E-state index contributed by atoms with van der Waals surface area (Å²) in [7, 11) is 0. The van der Waals surface area contributed by atoms with Crippen LogP contribution in [-0.4, -0.2) is 35.9 Å². The molecule has 0 radical (unpaired) electrons. The van der Waals surface area contributed by atoms with Crippen molar-refractivity contribution in [1.29, 1.82) is 0 Å². The minimum absolute atomic E-state index is 0.117. The van der Waals surface area contributed by atoms with Gasteiger partial charge in [0.25, 0.3) is 0 Å². The predicted octanol–water partition coefficient (Wildman–Crippen LogP) is 2.52. The second-order valence-electron chi connectivity index (χ2n) is 3.56. The average Bonchev–Trinajstić information content (AvgIpc) is 2.42. The number of esters is 2. The topological polar surface area (TPSA) is 52.6 Å². The lowest BCUT2D eigenvalue weighted by molar-refractivity contribution is -0.136. The summed E-state index contributed by atoms with van der Waals surface area (Å²) in [6, 6.07) is 0. The van der Waals surface area contributed by atoms with E-state index in [4.69, 9.17) is 9.47 Å². The first-order valence-corrected chi connectivity index (χ1v) is 6.75. The average molecular weight is 312 g/mol. The smallest absolute Gasteiger partial charge is 0.330 e. The Labute approximate surface area is 129 Å². The summed E-state index contributed by atoms with van der Waals surface area (Å²) in [5.41, 5.74) is 0.850. The number of hydrogen-bond donors (Lipinski definition) is 0. The van der Waals surface area contributed by atoms with Crippen molar-refractivity contribution in [3.05, 3.63) is 36.5 Å². The van der Waals surface area contributed by atoms with Crippen molar-refractivity contribution in [2.24, 2.45) is 0 Å². The molecule has 0 saturated carbocycles. The molecule has 0 atom stereocenters. The maximum atomic E-state index is 11.1. The summed E-state index contributed by atoms with van der Waals surface area (Å²) in [4.78, 5) is 22.2. The molecular formula is C14H16O4S2. The Balaban J connectivity index is 3.88. The standard InChI is InChI=1S/C14H16O4S2/c1-12(4-2-6-13(15)17-8-10-19)5-3-7-14(16)18-9-11-20/h2-3,6-7,10-11H,1,4-5,8-9H2. The molecule has 20 heavy (non-hydrogen) atoms. The fraction of sp³-hybridized carbons (Fsp3) is 0.286.